The van der Waals surface area contributed by atoms with Gasteiger partial charge in [0.15, 0.2) is 0 Å². The van der Waals surface area contributed by atoms with Crippen LogP contribution in [0.3, 0.4) is 0 Å². The lowest BCUT2D eigenvalue weighted by Gasteiger charge is -2.25. The molecule has 13 nitrogen and oxygen atoms in total. The minimum Gasteiger partial charge on any atom is -0.481 e. The van der Waals surface area contributed by atoms with Crippen molar-refractivity contribution in [1.82, 2.24) is 21.3 Å². The highest BCUT2D eigenvalue weighted by molar-refractivity contribution is 7.98. The van der Waals surface area contributed by atoms with Gasteiger partial charge in [0, 0.05) is 12.8 Å². The molecule has 8 N–H and O–H groups in total. The van der Waals surface area contributed by atoms with Gasteiger partial charge in [0.2, 0.25) is 23.6 Å². The molecule has 0 spiro atoms. The highest BCUT2D eigenvalue weighted by atomic mass is 32.2. The number of primary amides is 1. The monoisotopic (exact) mass is 503 g/mol. The summed E-state index contributed by atoms with van der Waals surface area (Å²) in [6, 6.07) is -4.18. The second kappa shape index (κ2) is 15.1. The fourth-order valence-corrected chi connectivity index (χ4v) is 3.78. The third-order valence-electron chi connectivity index (χ3n) is 5.19. The topological polar surface area (TPSA) is 217 Å². The summed E-state index contributed by atoms with van der Waals surface area (Å²) in [5.41, 5.74) is 5.15. The SMILES string of the molecule is CSCCC(NC(=O)C1CCCN1)C(=O)NC(CCC(N)=O)C(=O)NC(CCC(=O)O)C(=O)O. The van der Waals surface area contributed by atoms with Gasteiger partial charge in [-0.05, 0) is 50.7 Å². The van der Waals surface area contributed by atoms with E-state index in [4.69, 9.17) is 10.8 Å². The minimum atomic E-state index is -1.50. The van der Waals surface area contributed by atoms with E-state index in [0.717, 1.165) is 6.42 Å². The molecule has 0 aromatic rings. The van der Waals surface area contributed by atoms with Crippen LogP contribution in [0.1, 0.15) is 44.9 Å². The number of carbonyl (C=O) groups excluding carboxylic acids is 4. The second-order valence-electron chi connectivity index (χ2n) is 7.89. The Balaban J connectivity index is 2.92. The van der Waals surface area contributed by atoms with Gasteiger partial charge in [0.25, 0.3) is 0 Å². The highest BCUT2D eigenvalue weighted by Gasteiger charge is 2.31. The first-order valence-electron chi connectivity index (χ1n) is 10.9. The van der Waals surface area contributed by atoms with Crippen LogP contribution >= 0.6 is 11.8 Å². The number of nitrogens with one attached hydrogen (secondary N) is 4. The van der Waals surface area contributed by atoms with Crippen molar-refractivity contribution in [2.75, 3.05) is 18.6 Å². The summed E-state index contributed by atoms with van der Waals surface area (Å²) < 4.78 is 0. The Morgan fingerprint density at radius 2 is 1.53 bits per heavy atom. The minimum absolute atomic E-state index is 0.203. The van der Waals surface area contributed by atoms with Gasteiger partial charge in [0.05, 0.1) is 6.04 Å². The van der Waals surface area contributed by atoms with Gasteiger partial charge < -0.3 is 37.2 Å². The number of carboxylic acid groups (broad SMARTS) is 2. The van der Waals surface area contributed by atoms with Gasteiger partial charge in [-0.2, -0.15) is 11.8 Å². The molecule has 192 valence electrons. The van der Waals surface area contributed by atoms with Crippen molar-refractivity contribution < 1.29 is 39.0 Å². The molecule has 0 radical (unpaired) electrons. The van der Waals surface area contributed by atoms with E-state index < -0.39 is 60.2 Å². The van der Waals surface area contributed by atoms with Crippen LogP contribution in [0, 0.1) is 0 Å². The average molecular weight is 504 g/mol. The molecule has 1 fully saturated rings. The van der Waals surface area contributed by atoms with Gasteiger partial charge in [-0.1, -0.05) is 0 Å². The maximum atomic E-state index is 12.9. The highest BCUT2D eigenvalue weighted by Crippen LogP contribution is 2.09. The predicted octanol–water partition coefficient (Wildman–Crippen LogP) is -1.84. The Morgan fingerprint density at radius 1 is 0.941 bits per heavy atom. The summed E-state index contributed by atoms with van der Waals surface area (Å²) in [6.45, 7) is 0.696. The molecule has 0 aromatic heterocycles. The Hall–Kier alpha value is -2.87. The molecule has 4 unspecified atom stereocenters. The van der Waals surface area contributed by atoms with Gasteiger partial charge in [-0.25, -0.2) is 4.79 Å². The van der Waals surface area contributed by atoms with Crippen LogP contribution < -0.4 is 27.0 Å². The van der Waals surface area contributed by atoms with Crippen molar-refractivity contribution in [2.45, 2.75) is 69.1 Å². The van der Waals surface area contributed by atoms with Gasteiger partial charge >= 0.3 is 11.9 Å². The number of amides is 4. The zero-order chi connectivity index (χ0) is 25.7. The molecule has 4 amide bonds. The molecule has 0 aliphatic carbocycles. The number of carboxylic acids is 2. The summed E-state index contributed by atoms with van der Waals surface area (Å²) in [5.74, 6) is -4.76. The molecule has 0 aromatic carbocycles. The van der Waals surface area contributed by atoms with E-state index in [0.29, 0.717) is 18.7 Å². The average Bonchev–Trinajstić information content (AvgIpc) is 3.31. The molecule has 14 heteroatoms. The van der Waals surface area contributed by atoms with E-state index in [1.165, 1.54) is 11.8 Å². The Morgan fingerprint density at radius 3 is 2.03 bits per heavy atom. The predicted molar refractivity (Wildman–Crippen MR) is 123 cm³/mol. The number of rotatable bonds is 16. The molecule has 0 bridgehead atoms. The van der Waals surface area contributed by atoms with Crippen LogP contribution in [0.5, 0.6) is 0 Å². The molecule has 1 heterocycles. The number of nitrogens with two attached hydrogens (primary N) is 1. The third kappa shape index (κ3) is 10.8. The molecule has 1 aliphatic rings. The smallest absolute Gasteiger partial charge is 0.326 e. The quantitative estimate of drug-likeness (QED) is 0.125. The first-order valence-corrected chi connectivity index (χ1v) is 12.3. The van der Waals surface area contributed by atoms with Crippen LogP contribution in [0.25, 0.3) is 0 Å². The molecular formula is C20H33N5O8S. The van der Waals surface area contributed by atoms with E-state index in [-0.39, 0.29) is 31.6 Å². The maximum Gasteiger partial charge on any atom is 0.326 e. The second-order valence-corrected chi connectivity index (χ2v) is 8.88. The summed E-state index contributed by atoms with van der Waals surface area (Å²) in [7, 11) is 0. The van der Waals surface area contributed by atoms with Crippen molar-refractivity contribution in [3.63, 3.8) is 0 Å². The van der Waals surface area contributed by atoms with Crippen LogP contribution in [0.4, 0.5) is 0 Å². The van der Waals surface area contributed by atoms with Gasteiger partial charge in [-0.15, -0.1) is 0 Å². The number of thioether (sulfide) groups is 1. The maximum absolute atomic E-state index is 12.9. The summed E-state index contributed by atoms with van der Waals surface area (Å²) in [6.07, 6.45) is 2.26. The van der Waals surface area contributed by atoms with E-state index in [1.54, 1.807) is 0 Å². The van der Waals surface area contributed by atoms with Crippen molar-refractivity contribution in [3.05, 3.63) is 0 Å². The lowest BCUT2D eigenvalue weighted by molar-refractivity contribution is -0.143. The molecule has 1 rings (SSSR count). The molecule has 1 aliphatic heterocycles. The number of aliphatic carboxylic acids is 2. The normalized spacial score (nSPS) is 17.7. The van der Waals surface area contributed by atoms with E-state index >= 15 is 0 Å². The van der Waals surface area contributed by atoms with Crippen LogP contribution in [0.2, 0.25) is 0 Å². The summed E-state index contributed by atoms with van der Waals surface area (Å²) in [5, 5.41) is 28.5. The standard InChI is InChI=1S/C20H33N5O8S/c1-34-10-8-13(24-17(29)11-3-2-9-22-11)19(31)23-12(4-6-15(21)26)18(30)25-14(20(32)33)5-7-16(27)28/h11-14,22H,2-10H2,1H3,(H2,21,26)(H,23,31)(H,24,29)(H,25,30)(H,27,28)(H,32,33). The zero-order valence-corrected chi connectivity index (χ0v) is 19.8. The zero-order valence-electron chi connectivity index (χ0n) is 19.0. The van der Waals surface area contributed by atoms with E-state index in [1.807, 2.05) is 6.26 Å². The van der Waals surface area contributed by atoms with Gasteiger partial charge in [0.1, 0.15) is 18.1 Å². The molecule has 34 heavy (non-hydrogen) atoms. The number of hydrogen-bond acceptors (Lipinski definition) is 8. The van der Waals surface area contributed by atoms with Crippen molar-refractivity contribution >= 4 is 47.3 Å². The van der Waals surface area contributed by atoms with Crippen LogP contribution in [-0.4, -0.2) is 88.5 Å². The van der Waals surface area contributed by atoms with Gasteiger partial charge in [-0.3, -0.25) is 24.0 Å². The first-order chi connectivity index (χ1) is 16.0. The Kier molecular flexibility index (Phi) is 13.0. The van der Waals surface area contributed by atoms with Crippen LogP contribution in [-0.2, 0) is 28.8 Å². The van der Waals surface area contributed by atoms with E-state index in [9.17, 15) is 33.9 Å². The lowest BCUT2D eigenvalue weighted by atomic mass is 10.1. The Bertz CT molecular complexity index is 759. The summed E-state index contributed by atoms with van der Waals surface area (Å²) in [4.78, 5) is 71.6. The third-order valence-corrected chi connectivity index (χ3v) is 5.84. The fourth-order valence-electron chi connectivity index (χ4n) is 3.31. The van der Waals surface area contributed by atoms with E-state index in [2.05, 4.69) is 21.3 Å². The van der Waals surface area contributed by atoms with Crippen molar-refractivity contribution in [2.24, 2.45) is 5.73 Å². The Labute approximate surface area is 201 Å². The van der Waals surface area contributed by atoms with Crippen molar-refractivity contribution in [1.29, 1.82) is 0 Å². The number of hydrogen-bond donors (Lipinski definition) is 7. The molecule has 1 saturated heterocycles. The fraction of sp³-hybridized carbons (Fsp3) is 0.700. The van der Waals surface area contributed by atoms with Crippen molar-refractivity contribution in [3.8, 4) is 0 Å². The summed E-state index contributed by atoms with van der Waals surface area (Å²) >= 11 is 1.46. The number of carbonyl (C=O) groups is 6. The molecular weight excluding hydrogens is 470 g/mol. The molecule has 0 saturated carbocycles. The first kappa shape index (κ1) is 29.2. The van der Waals surface area contributed by atoms with Crippen LogP contribution in [0.15, 0.2) is 0 Å². The molecule has 4 atom stereocenters. The lowest BCUT2D eigenvalue weighted by Crippen LogP contribution is -2.57. The largest absolute Gasteiger partial charge is 0.481 e.